The topological polar surface area (TPSA) is 142 Å². The van der Waals surface area contributed by atoms with Gasteiger partial charge < -0.3 is 25.6 Å². The molecule has 0 aliphatic heterocycles. The zero-order valence-corrected chi connectivity index (χ0v) is 18.9. The zero-order valence-electron chi connectivity index (χ0n) is 18.9. The van der Waals surface area contributed by atoms with Gasteiger partial charge in [-0.1, -0.05) is 42.5 Å². The molecule has 0 aliphatic rings. The van der Waals surface area contributed by atoms with Crippen LogP contribution in [-0.2, 0) is 25.8 Å². The van der Waals surface area contributed by atoms with E-state index >= 15 is 0 Å². The highest BCUT2D eigenvalue weighted by atomic mass is 16.5. The molecule has 0 radical (unpaired) electrons. The van der Waals surface area contributed by atoms with Crippen LogP contribution >= 0.6 is 0 Å². The number of aliphatic carboxylic acids is 2. The molecule has 0 saturated heterocycles. The van der Waals surface area contributed by atoms with Gasteiger partial charge in [0.15, 0.2) is 0 Å². The lowest BCUT2D eigenvalue weighted by Gasteiger charge is -2.12. The van der Waals surface area contributed by atoms with Crippen LogP contribution in [0.5, 0.6) is 5.75 Å². The Labute approximate surface area is 206 Å². The summed E-state index contributed by atoms with van der Waals surface area (Å²) < 4.78 is 5.85. The minimum absolute atomic E-state index is 0.0905. The maximum Gasteiger partial charge on any atom is 0.328 e. The second-order valence-electron chi connectivity index (χ2n) is 7.42. The van der Waals surface area contributed by atoms with Crippen LogP contribution in [0.25, 0.3) is 11.1 Å². The van der Waals surface area contributed by atoms with E-state index < -0.39 is 23.8 Å². The number of hydrogen-bond acceptors (Lipinski definition) is 5. The van der Waals surface area contributed by atoms with E-state index in [4.69, 9.17) is 14.9 Å². The Morgan fingerprint density at radius 1 is 0.667 bits per heavy atom. The fraction of sp³-hybridized carbons (Fsp3) is 0.0370. The third-order valence-corrected chi connectivity index (χ3v) is 4.65. The molecule has 3 rings (SSSR count). The van der Waals surface area contributed by atoms with Crippen LogP contribution < -0.4 is 15.4 Å². The molecule has 0 fully saturated rings. The second-order valence-corrected chi connectivity index (χ2v) is 7.42. The minimum Gasteiger partial charge on any atom is -0.489 e. The Hall–Kier alpha value is -5.18. The summed E-state index contributed by atoms with van der Waals surface area (Å²) in [5, 5.41) is 22.4. The Kier molecular flexibility index (Phi) is 8.71. The fourth-order valence-electron chi connectivity index (χ4n) is 3.12. The number of carboxylic acids is 2. The summed E-state index contributed by atoms with van der Waals surface area (Å²) in [4.78, 5) is 45.3. The average Bonchev–Trinajstić information content (AvgIpc) is 2.86. The predicted octanol–water partition coefficient (Wildman–Crippen LogP) is 4.09. The molecule has 36 heavy (non-hydrogen) atoms. The molecule has 0 aromatic heterocycles. The number of benzene rings is 3. The summed E-state index contributed by atoms with van der Waals surface area (Å²) >= 11 is 0. The van der Waals surface area contributed by atoms with Crippen LogP contribution in [0, 0.1) is 0 Å². The first-order valence-corrected chi connectivity index (χ1v) is 10.6. The molecule has 0 spiro atoms. The lowest BCUT2D eigenvalue weighted by molar-refractivity contribution is -0.132. The van der Waals surface area contributed by atoms with Gasteiger partial charge in [0.2, 0.25) is 11.8 Å². The van der Waals surface area contributed by atoms with E-state index in [9.17, 15) is 19.2 Å². The Morgan fingerprint density at radius 3 is 1.67 bits per heavy atom. The van der Waals surface area contributed by atoms with Crippen molar-refractivity contribution in [3.05, 3.63) is 103 Å². The van der Waals surface area contributed by atoms with E-state index in [2.05, 4.69) is 10.6 Å². The van der Waals surface area contributed by atoms with E-state index in [-0.39, 0.29) is 18.0 Å². The van der Waals surface area contributed by atoms with Crippen LogP contribution in [0.1, 0.15) is 5.56 Å². The second kappa shape index (κ2) is 12.3. The molecule has 2 amide bonds. The lowest BCUT2D eigenvalue weighted by atomic mass is 10.1. The van der Waals surface area contributed by atoms with Crippen LogP contribution in [0.3, 0.4) is 0 Å². The predicted molar refractivity (Wildman–Crippen MR) is 133 cm³/mol. The van der Waals surface area contributed by atoms with Gasteiger partial charge >= 0.3 is 11.9 Å². The highest BCUT2D eigenvalue weighted by Gasteiger charge is 2.08. The van der Waals surface area contributed by atoms with Gasteiger partial charge in [-0.15, -0.1) is 0 Å². The standard InChI is InChI=1S/C27H22N2O7/c30-24(10-12-26(32)33)28-21-14-18(15-22(16-21)29-25(31)11-13-27(34)35)17-36-23-8-6-20(7-9-23)19-4-2-1-3-5-19/h1-16H,17H2,(H,28,30)(H,29,31)(H,32,33)(H,34,35)/b12-10-,13-11-. The molecule has 3 aromatic carbocycles. The first kappa shape index (κ1) is 25.4. The highest BCUT2D eigenvalue weighted by Crippen LogP contribution is 2.24. The number of hydrogen-bond donors (Lipinski definition) is 4. The zero-order chi connectivity index (χ0) is 25.9. The number of amides is 2. The molecule has 9 heteroatoms. The SMILES string of the molecule is O=C(O)/C=C\C(=O)Nc1cc(COc2ccc(-c3ccccc3)cc2)cc(NC(=O)/C=C\C(=O)O)c1. The van der Waals surface area contributed by atoms with Gasteiger partial charge in [-0.05, 0) is 47.0 Å². The maximum atomic E-state index is 12.0. The van der Waals surface area contributed by atoms with Gasteiger partial charge in [0.1, 0.15) is 12.4 Å². The molecule has 9 nitrogen and oxygen atoms in total. The summed E-state index contributed by atoms with van der Waals surface area (Å²) in [5.41, 5.74) is 3.23. The smallest absolute Gasteiger partial charge is 0.328 e. The summed E-state index contributed by atoms with van der Waals surface area (Å²) in [7, 11) is 0. The normalized spacial score (nSPS) is 10.8. The quantitative estimate of drug-likeness (QED) is 0.316. The van der Waals surface area contributed by atoms with E-state index in [1.54, 1.807) is 12.1 Å². The molecular weight excluding hydrogens is 464 g/mol. The molecule has 0 saturated carbocycles. The Morgan fingerprint density at radius 2 is 1.17 bits per heavy atom. The Bertz CT molecular complexity index is 1260. The molecular formula is C27H22N2O7. The van der Waals surface area contributed by atoms with E-state index in [1.165, 1.54) is 6.07 Å². The van der Waals surface area contributed by atoms with Crippen molar-refractivity contribution < 1.29 is 34.1 Å². The number of rotatable bonds is 10. The number of ether oxygens (including phenoxy) is 1. The van der Waals surface area contributed by atoms with Crippen molar-refractivity contribution in [1.29, 1.82) is 0 Å². The third kappa shape index (κ3) is 8.31. The van der Waals surface area contributed by atoms with Crippen molar-refractivity contribution in [3.8, 4) is 16.9 Å². The van der Waals surface area contributed by atoms with Crippen LogP contribution in [0.2, 0.25) is 0 Å². The van der Waals surface area contributed by atoms with Crippen molar-refractivity contribution in [2.24, 2.45) is 0 Å². The molecule has 0 aliphatic carbocycles. The number of nitrogens with one attached hydrogen (secondary N) is 2. The highest BCUT2D eigenvalue weighted by molar-refractivity contribution is 6.04. The van der Waals surface area contributed by atoms with Gasteiger partial charge in [-0.3, -0.25) is 9.59 Å². The van der Waals surface area contributed by atoms with Crippen molar-refractivity contribution >= 4 is 35.1 Å². The summed E-state index contributed by atoms with van der Waals surface area (Å²) in [6.07, 6.45) is 3.10. The molecule has 182 valence electrons. The van der Waals surface area contributed by atoms with Crippen LogP contribution in [0.15, 0.2) is 97.1 Å². The Balaban J connectivity index is 1.76. The van der Waals surface area contributed by atoms with Gasteiger partial charge in [0, 0.05) is 35.7 Å². The van der Waals surface area contributed by atoms with Crippen molar-refractivity contribution in [3.63, 3.8) is 0 Å². The number of carbonyl (C=O) groups excluding carboxylic acids is 2. The monoisotopic (exact) mass is 486 g/mol. The van der Waals surface area contributed by atoms with Gasteiger partial charge in [0.25, 0.3) is 0 Å². The third-order valence-electron chi connectivity index (χ3n) is 4.65. The number of carboxylic acid groups (broad SMARTS) is 2. The van der Waals surface area contributed by atoms with Gasteiger partial charge in [-0.25, -0.2) is 9.59 Å². The molecule has 3 aromatic rings. The van der Waals surface area contributed by atoms with E-state index in [0.717, 1.165) is 23.3 Å². The summed E-state index contributed by atoms with van der Waals surface area (Å²) in [6, 6.07) is 22.0. The number of carbonyl (C=O) groups is 4. The first-order chi connectivity index (χ1) is 17.3. The lowest BCUT2D eigenvalue weighted by Crippen LogP contribution is -2.12. The first-order valence-electron chi connectivity index (χ1n) is 10.6. The van der Waals surface area contributed by atoms with Gasteiger partial charge in [-0.2, -0.15) is 0 Å². The van der Waals surface area contributed by atoms with E-state index in [0.29, 0.717) is 23.5 Å². The van der Waals surface area contributed by atoms with Crippen molar-refractivity contribution in [1.82, 2.24) is 0 Å². The fourth-order valence-corrected chi connectivity index (χ4v) is 3.12. The summed E-state index contributed by atoms with van der Waals surface area (Å²) in [5.74, 6) is -3.32. The summed E-state index contributed by atoms with van der Waals surface area (Å²) in [6.45, 7) is 0.0905. The minimum atomic E-state index is -1.27. The average molecular weight is 486 g/mol. The largest absolute Gasteiger partial charge is 0.489 e. The molecule has 0 atom stereocenters. The maximum absolute atomic E-state index is 12.0. The number of anilines is 2. The van der Waals surface area contributed by atoms with Crippen LogP contribution in [-0.4, -0.2) is 34.0 Å². The van der Waals surface area contributed by atoms with E-state index in [1.807, 2.05) is 54.6 Å². The van der Waals surface area contributed by atoms with Crippen molar-refractivity contribution in [2.45, 2.75) is 6.61 Å². The molecule has 0 bridgehead atoms. The van der Waals surface area contributed by atoms with Crippen LogP contribution in [0.4, 0.5) is 11.4 Å². The molecule has 0 unspecified atom stereocenters. The van der Waals surface area contributed by atoms with Crippen molar-refractivity contribution in [2.75, 3.05) is 10.6 Å². The van der Waals surface area contributed by atoms with Gasteiger partial charge in [0.05, 0.1) is 0 Å². The molecule has 4 N–H and O–H groups in total. The molecule has 0 heterocycles.